The number of fused-ring (bicyclic) bond motifs is 1. The van der Waals surface area contributed by atoms with Crippen LogP contribution in [0.4, 0.5) is 0 Å². The van der Waals surface area contributed by atoms with Crippen molar-refractivity contribution in [3.05, 3.63) is 59.7 Å². The second-order valence-corrected chi connectivity index (χ2v) is 7.23. The summed E-state index contributed by atoms with van der Waals surface area (Å²) in [5.74, 6) is 0.923. The highest BCUT2D eigenvalue weighted by molar-refractivity contribution is 7.89. The van der Waals surface area contributed by atoms with Gasteiger partial charge in [0.05, 0.1) is 11.5 Å². The third-order valence-electron chi connectivity index (χ3n) is 3.87. The van der Waals surface area contributed by atoms with Crippen LogP contribution in [0.25, 0.3) is 0 Å². The first-order valence-corrected chi connectivity index (χ1v) is 8.74. The zero-order valence-corrected chi connectivity index (χ0v) is 13.2. The summed E-state index contributed by atoms with van der Waals surface area (Å²) in [5, 5.41) is 0. The molecule has 22 heavy (non-hydrogen) atoms. The molecule has 0 saturated heterocycles. The molecule has 0 fully saturated rings. The van der Waals surface area contributed by atoms with Crippen LogP contribution in [0.1, 0.15) is 23.5 Å². The van der Waals surface area contributed by atoms with E-state index >= 15 is 0 Å². The molecule has 5 heteroatoms. The summed E-state index contributed by atoms with van der Waals surface area (Å²) >= 11 is 0. The SMILES string of the molecule is Cc1ccc(S(=O)(=O)NCC2CCOc3c[c]ccc32)cc1. The Balaban J connectivity index is 1.74. The molecule has 0 spiro atoms. The van der Waals surface area contributed by atoms with Gasteiger partial charge in [-0.05, 0) is 43.2 Å². The maximum atomic E-state index is 12.3. The first-order valence-electron chi connectivity index (χ1n) is 7.25. The molecule has 2 aromatic carbocycles. The van der Waals surface area contributed by atoms with Gasteiger partial charge in [-0.2, -0.15) is 0 Å². The van der Waals surface area contributed by atoms with Gasteiger partial charge in [0.1, 0.15) is 5.75 Å². The van der Waals surface area contributed by atoms with Crippen LogP contribution in [0, 0.1) is 13.0 Å². The summed E-state index contributed by atoms with van der Waals surface area (Å²) in [5.41, 5.74) is 2.07. The summed E-state index contributed by atoms with van der Waals surface area (Å²) in [6, 6.07) is 15.4. The predicted octanol–water partition coefficient (Wildman–Crippen LogP) is 2.64. The van der Waals surface area contributed by atoms with Gasteiger partial charge in [-0.3, -0.25) is 0 Å². The van der Waals surface area contributed by atoms with Crippen molar-refractivity contribution in [2.24, 2.45) is 0 Å². The molecule has 1 heterocycles. The van der Waals surface area contributed by atoms with Crippen molar-refractivity contribution in [1.29, 1.82) is 0 Å². The minimum Gasteiger partial charge on any atom is -0.493 e. The molecule has 0 aromatic heterocycles. The van der Waals surface area contributed by atoms with E-state index in [9.17, 15) is 8.42 Å². The molecule has 0 amide bonds. The van der Waals surface area contributed by atoms with Crippen molar-refractivity contribution in [2.45, 2.75) is 24.2 Å². The molecule has 0 bridgehead atoms. The van der Waals surface area contributed by atoms with Crippen LogP contribution in [-0.2, 0) is 10.0 Å². The fourth-order valence-electron chi connectivity index (χ4n) is 2.58. The normalized spacial score (nSPS) is 17.6. The molecule has 1 aliphatic rings. The number of nitrogens with one attached hydrogen (secondary N) is 1. The van der Waals surface area contributed by atoms with E-state index in [0.29, 0.717) is 18.0 Å². The van der Waals surface area contributed by atoms with Gasteiger partial charge in [0.15, 0.2) is 0 Å². The van der Waals surface area contributed by atoms with Gasteiger partial charge in [-0.1, -0.05) is 29.8 Å². The highest BCUT2D eigenvalue weighted by Gasteiger charge is 2.23. The number of hydrogen-bond donors (Lipinski definition) is 1. The van der Waals surface area contributed by atoms with Gasteiger partial charge in [-0.25, -0.2) is 13.1 Å². The Labute approximate surface area is 131 Å². The Hall–Kier alpha value is -1.85. The average Bonchev–Trinajstić information content (AvgIpc) is 2.53. The Bertz CT molecular complexity index is 754. The standard InChI is InChI=1S/C17H18NO3S/c1-13-6-8-15(9-7-13)22(19,20)18-12-14-10-11-21-17-5-3-2-4-16(14)17/h2,4-9,14,18H,10-12H2,1H3. The maximum absolute atomic E-state index is 12.3. The molecule has 0 aliphatic carbocycles. The quantitative estimate of drug-likeness (QED) is 0.943. The van der Waals surface area contributed by atoms with E-state index in [0.717, 1.165) is 23.3 Å². The Morgan fingerprint density at radius 2 is 2.05 bits per heavy atom. The molecule has 115 valence electrons. The van der Waals surface area contributed by atoms with Crippen molar-refractivity contribution in [1.82, 2.24) is 4.72 Å². The van der Waals surface area contributed by atoms with E-state index in [-0.39, 0.29) is 5.92 Å². The van der Waals surface area contributed by atoms with Gasteiger partial charge >= 0.3 is 0 Å². The van der Waals surface area contributed by atoms with Gasteiger partial charge < -0.3 is 4.74 Å². The lowest BCUT2D eigenvalue weighted by Gasteiger charge is -2.25. The number of aryl methyl sites for hydroxylation is 1. The number of hydrogen-bond acceptors (Lipinski definition) is 3. The Kier molecular flexibility index (Phi) is 4.18. The molecular formula is C17H18NO3S. The molecule has 2 aromatic rings. The number of rotatable bonds is 4. The van der Waals surface area contributed by atoms with Crippen molar-refractivity contribution in [2.75, 3.05) is 13.2 Å². The molecule has 1 N–H and O–H groups in total. The molecule has 4 nitrogen and oxygen atoms in total. The first-order chi connectivity index (χ1) is 10.6. The lowest BCUT2D eigenvalue weighted by atomic mass is 9.93. The Morgan fingerprint density at radius 1 is 1.27 bits per heavy atom. The van der Waals surface area contributed by atoms with Gasteiger partial charge in [-0.15, -0.1) is 0 Å². The summed E-state index contributed by atoms with van der Waals surface area (Å²) < 4.78 is 33.0. The molecule has 0 saturated carbocycles. The van der Waals surface area contributed by atoms with E-state index in [2.05, 4.69) is 10.8 Å². The largest absolute Gasteiger partial charge is 0.493 e. The fourth-order valence-corrected chi connectivity index (χ4v) is 3.66. The monoisotopic (exact) mass is 316 g/mol. The highest BCUT2D eigenvalue weighted by Crippen LogP contribution is 2.32. The zero-order valence-electron chi connectivity index (χ0n) is 12.4. The van der Waals surface area contributed by atoms with Crippen LogP contribution in [0.15, 0.2) is 47.4 Å². The minimum absolute atomic E-state index is 0.124. The topological polar surface area (TPSA) is 55.4 Å². The fraction of sp³-hybridized carbons (Fsp3) is 0.294. The number of ether oxygens (including phenoxy) is 1. The smallest absolute Gasteiger partial charge is 0.240 e. The van der Waals surface area contributed by atoms with Crippen LogP contribution in [0.3, 0.4) is 0 Å². The third-order valence-corrected chi connectivity index (χ3v) is 5.31. The van der Waals surface area contributed by atoms with E-state index in [1.165, 1.54) is 0 Å². The number of sulfonamides is 1. The summed E-state index contributed by atoms with van der Waals surface area (Å²) in [6.07, 6.45) is 0.799. The van der Waals surface area contributed by atoms with Gasteiger partial charge in [0.25, 0.3) is 0 Å². The second kappa shape index (κ2) is 6.10. The molecule has 1 unspecified atom stereocenters. The third kappa shape index (κ3) is 3.15. The van der Waals surface area contributed by atoms with Crippen LogP contribution in [-0.4, -0.2) is 21.6 Å². The average molecular weight is 316 g/mol. The van der Waals surface area contributed by atoms with Crippen LogP contribution in [0.5, 0.6) is 5.75 Å². The maximum Gasteiger partial charge on any atom is 0.240 e. The molecule has 1 radical (unpaired) electrons. The summed E-state index contributed by atoms with van der Waals surface area (Å²) in [7, 11) is -3.48. The summed E-state index contributed by atoms with van der Waals surface area (Å²) in [4.78, 5) is 0.298. The van der Waals surface area contributed by atoms with Gasteiger partial charge in [0.2, 0.25) is 10.0 Å². The van der Waals surface area contributed by atoms with Crippen molar-refractivity contribution < 1.29 is 13.2 Å². The molecule has 3 rings (SSSR count). The van der Waals surface area contributed by atoms with E-state index < -0.39 is 10.0 Å². The molecular weight excluding hydrogens is 298 g/mol. The lowest BCUT2D eigenvalue weighted by molar-refractivity contribution is 0.267. The van der Waals surface area contributed by atoms with E-state index in [1.807, 2.05) is 19.1 Å². The first kappa shape index (κ1) is 15.1. The van der Waals surface area contributed by atoms with Crippen LogP contribution < -0.4 is 9.46 Å². The summed E-state index contributed by atoms with van der Waals surface area (Å²) in [6.45, 7) is 2.90. The highest BCUT2D eigenvalue weighted by atomic mass is 32.2. The van der Waals surface area contributed by atoms with Crippen molar-refractivity contribution in [3.63, 3.8) is 0 Å². The number of benzene rings is 2. The van der Waals surface area contributed by atoms with Crippen molar-refractivity contribution >= 4 is 10.0 Å². The van der Waals surface area contributed by atoms with E-state index in [4.69, 9.17) is 4.74 Å². The van der Waals surface area contributed by atoms with Gasteiger partial charge in [0, 0.05) is 12.5 Å². The lowest BCUT2D eigenvalue weighted by Crippen LogP contribution is -2.30. The van der Waals surface area contributed by atoms with Crippen LogP contribution in [0.2, 0.25) is 0 Å². The molecule has 1 atom stereocenters. The predicted molar refractivity (Wildman–Crippen MR) is 84.5 cm³/mol. The Morgan fingerprint density at radius 3 is 2.82 bits per heavy atom. The molecule has 1 aliphatic heterocycles. The van der Waals surface area contributed by atoms with E-state index in [1.54, 1.807) is 30.3 Å². The minimum atomic E-state index is -3.48. The van der Waals surface area contributed by atoms with Crippen LogP contribution >= 0.6 is 0 Å². The van der Waals surface area contributed by atoms with Crippen molar-refractivity contribution in [3.8, 4) is 5.75 Å². The zero-order chi connectivity index (χ0) is 15.6. The second-order valence-electron chi connectivity index (χ2n) is 5.46.